The topological polar surface area (TPSA) is 59.0 Å². The lowest BCUT2D eigenvalue weighted by Crippen LogP contribution is -2.52. The van der Waals surface area contributed by atoms with Gasteiger partial charge in [-0.3, -0.25) is 4.90 Å². The van der Waals surface area contributed by atoms with E-state index in [1.165, 1.54) is 14.0 Å². The Hall–Kier alpha value is -0.650. The highest BCUT2D eigenvalue weighted by molar-refractivity contribution is 5.78. The van der Waals surface area contributed by atoms with Gasteiger partial charge in [-0.1, -0.05) is 0 Å². The van der Waals surface area contributed by atoms with Gasteiger partial charge in [0.2, 0.25) is 0 Å². The number of rotatable bonds is 3. The zero-order valence-corrected chi connectivity index (χ0v) is 9.52. The van der Waals surface area contributed by atoms with Crippen LogP contribution in [0.25, 0.3) is 0 Å². The standard InChI is InChI=1S/C10H19NO4/c1-8-6-11(4-5-15-8)7-10(2,13)9(12)14-3/h8,13H,4-7H2,1-3H3. The Morgan fingerprint density at radius 3 is 2.93 bits per heavy atom. The van der Waals surface area contributed by atoms with Crippen LogP contribution in [0.15, 0.2) is 0 Å². The van der Waals surface area contributed by atoms with Gasteiger partial charge in [-0.15, -0.1) is 0 Å². The Morgan fingerprint density at radius 2 is 2.40 bits per heavy atom. The molecule has 0 aromatic carbocycles. The van der Waals surface area contributed by atoms with Crippen LogP contribution in [0.4, 0.5) is 0 Å². The number of nitrogens with zero attached hydrogens (tertiary/aromatic N) is 1. The molecule has 1 aliphatic rings. The second-order valence-corrected chi connectivity index (χ2v) is 4.18. The third-order valence-electron chi connectivity index (χ3n) is 2.48. The lowest BCUT2D eigenvalue weighted by atomic mass is 10.1. The number of β-amino-alcohol motifs (C(OH)–C–C–N with tert-alkyl or cyclic N) is 1. The van der Waals surface area contributed by atoms with E-state index in [0.29, 0.717) is 6.61 Å². The first kappa shape index (κ1) is 12.4. The van der Waals surface area contributed by atoms with Crippen LogP contribution in [0.1, 0.15) is 13.8 Å². The zero-order chi connectivity index (χ0) is 11.5. The molecule has 1 N–H and O–H groups in total. The number of morpholine rings is 1. The van der Waals surface area contributed by atoms with E-state index >= 15 is 0 Å². The highest BCUT2D eigenvalue weighted by Gasteiger charge is 2.34. The van der Waals surface area contributed by atoms with Crippen molar-refractivity contribution in [2.45, 2.75) is 25.6 Å². The molecule has 0 saturated carbocycles. The summed E-state index contributed by atoms with van der Waals surface area (Å²) in [5.41, 5.74) is -1.44. The average Bonchev–Trinajstić information content (AvgIpc) is 2.15. The van der Waals surface area contributed by atoms with Gasteiger partial charge >= 0.3 is 5.97 Å². The van der Waals surface area contributed by atoms with Crippen molar-refractivity contribution in [2.24, 2.45) is 0 Å². The molecule has 1 fully saturated rings. The quantitative estimate of drug-likeness (QED) is 0.654. The predicted octanol–water partition coefficient (Wildman–Crippen LogP) is -0.369. The SMILES string of the molecule is COC(=O)C(C)(O)CN1CCOC(C)C1. The maximum Gasteiger partial charge on any atom is 0.338 e. The molecule has 0 aliphatic carbocycles. The lowest BCUT2D eigenvalue weighted by Gasteiger charge is -2.34. The molecule has 0 bridgehead atoms. The molecule has 1 saturated heterocycles. The largest absolute Gasteiger partial charge is 0.467 e. The molecule has 2 atom stereocenters. The first-order chi connectivity index (χ1) is 6.95. The lowest BCUT2D eigenvalue weighted by molar-refractivity contribution is -0.164. The van der Waals surface area contributed by atoms with Gasteiger partial charge in [-0.25, -0.2) is 4.79 Å². The van der Waals surface area contributed by atoms with E-state index in [9.17, 15) is 9.90 Å². The molecule has 1 heterocycles. The smallest absolute Gasteiger partial charge is 0.338 e. The van der Waals surface area contributed by atoms with Crippen LogP contribution in [0.5, 0.6) is 0 Å². The normalized spacial score (nSPS) is 27.1. The fourth-order valence-electron chi connectivity index (χ4n) is 1.75. The first-order valence-corrected chi connectivity index (χ1v) is 5.10. The van der Waals surface area contributed by atoms with Crippen molar-refractivity contribution in [1.82, 2.24) is 4.90 Å². The van der Waals surface area contributed by atoms with Gasteiger partial charge in [0, 0.05) is 19.6 Å². The van der Waals surface area contributed by atoms with Crippen LogP contribution < -0.4 is 0 Å². The molecule has 1 aliphatic heterocycles. The van der Waals surface area contributed by atoms with Crippen LogP contribution >= 0.6 is 0 Å². The van der Waals surface area contributed by atoms with Crippen LogP contribution in [0.3, 0.4) is 0 Å². The fraction of sp³-hybridized carbons (Fsp3) is 0.900. The molecule has 88 valence electrons. The van der Waals surface area contributed by atoms with E-state index in [0.717, 1.165) is 13.1 Å². The van der Waals surface area contributed by atoms with E-state index in [2.05, 4.69) is 4.74 Å². The zero-order valence-electron chi connectivity index (χ0n) is 9.52. The summed E-state index contributed by atoms with van der Waals surface area (Å²) >= 11 is 0. The Morgan fingerprint density at radius 1 is 1.73 bits per heavy atom. The van der Waals surface area contributed by atoms with Crippen molar-refractivity contribution in [3.8, 4) is 0 Å². The fourth-order valence-corrected chi connectivity index (χ4v) is 1.75. The molecule has 2 unspecified atom stereocenters. The maximum atomic E-state index is 11.3. The number of carbonyl (C=O) groups is 1. The van der Waals surface area contributed by atoms with E-state index in [1.54, 1.807) is 0 Å². The van der Waals surface area contributed by atoms with E-state index in [-0.39, 0.29) is 12.6 Å². The van der Waals surface area contributed by atoms with Crippen molar-refractivity contribution in [2.75, 3.05) is 33.4 Å². The summed E-state index contributed by atoms with van der Waals surface area (Å²) in [5.74, 6) is -0.596. The summed E-state index contributed by atoms with van der Waals surface area (Å²) in [7, 11) is 1.28. The van der Waals surface area contributed by atoms with Crippen molar-refractivity contribution < 1.29 is 19.4 Å². The van der Waals surface area contributed by atoms with Gasteiger partial charge in [-0.2, -0.15) is 0 Å². The number of aliphatic hydroxyl groups is 1. The molecule has 0 radical (unpaired) electrons. The first-order valence-electron chi connectivity index (χ1n) is 5.10. The third kappa shape index (κ3) is 3.44. The Bertz CT molecular complexity index is 229. The molecular formula is C10H19NO4. The molecule has 5 nitrogen and oxygen atoms in total. The second-order valence-electron chi connectivity index (χ2n) is 4.18. The molecule has 5 heteroatoms. The minimum absolute atomic E-state index is 0.146. The van der Waals surface area contributed by atoms with E-state index < -0.39 is 11.6 Å². The minimum atomic E-state index is -1.44. The predicted molar refractivity (Wildman–Crippen MR) is 54.5 cm³/mol. The molecule has 0 amide bonds. The molecule has 1 rings (SSSR count). The number of ether oxygens (including phenoxy) is 2. The molecule has 15 heavy (non-hydrogen) atoms. The van der Waals surface area contributed by atoms with Crippen molar-refractivity contribution in [3.05, 3.63) is 0 Å². The van der Waals surface area contributed by atoms with Gasteiger partial charge in [0.15, 0.2) is 5.60 Å². The Labute approximate surface area is 90.0 Å². The van der Waals surface area contributed by atoms with Crippen LogP contribution in [0.2, 0.25) is 0 Å². The van der Waals surface area contributed by atoms with Gasteiger partial charge in [0.05, 0.1) is 19.8 Å². The van der Waals surface area contributed by atoms with Crippen molar-refractivity contribution in [3.63, 3.8) is 0 Å². The summed E-state index contributed by atoms with van der Waals surface area (Å²) in [6, 6.07) is 0. The van der Waals surface area contributed by atoms with Gasteiger partial charge in [0.25, 0.3) is 0 Å². The second kappa shape index (κ2) is 4.92. The Balaban J connectivity index is 2.49. The average molecular weight is 217 g/mol. The minimum Gasteiger partial charge on any atom is -0.467 e. The summed E-state index contributed by atoms with van der Waals surface area (Å²) in [5, 5.41) is 9.86. The number of methoxy groups -OCH3 is 1. The number of carbonyl (C=O) groups excluding carboxylic acids is 1. The Kier molecular flexibility index (Phi) is 4.07. The number of hydrogen-bond acceptors (Lipinski definition) is 5. The number of hydrogen-bond donors (Lipinski definition) is 1. The molecule has 0 aromatic heterocycles. The molecule has 0 spiro atoms. The molecule has 0 aromatic rings. The molecular weight excluding hydrogens is 198 g/mol. The summed E-state index contributed by atoms with van der Waals surface area (Å²) in [6.45, 7) is 5.83. The van der Waals surface area contributed by atoms with Gasteiger partial charge in [-0.05, 0) is 13.8 Å². The maximum absolute atomic E-state index is 11.3. The summed E-state index contributed by atoms with van der Waals surface area (Å²) in [6.07, 6.45) is 0.146. The summed E-state index contributed by atoms with van der Waals surface area (Å²) in [4.78, 5) is 13.3. The summed E-state index contributed by atoms with van der Waals surface area (Å²) < 4.78 is 9.91. The van der Waals surface area contributed by atoms with E-state index in [1.807, 2.05) is 11.8 Å². The third-order valence-corrected chi connectivity index (χ3v) is 2.48. The highest BCUT2D eigenvalue weighted by Crippen LogP contribution is 2.12. The van der Waals surface area contributed by atoms with E-state index in [4.69, 9.17) is 4.74 Å². The van der Waals surface area contributed by atoms with Gasteiger partial charge in [0.1, 0.15) is 0 Å². The number of esters is 1. The van der Waals surface area contributed by atoms with Crippen molar-refractivity contribution in [1.29, 1.82) is 0 Å². The van der Waals surface area contributed by atoms with Crippen LogP contribution in [-0.4, -0.2) is 61.0 Å². The van der Waals surface area contributed by atoms with Gasteiger partial charge < -0.3 is 14.6 Å². The highest BCUT2D eigenvalue weighted by atomic mass is 16.5. The monoisotopic (exact) mass is 217 g/mol. The van der Waals surface area contributed by atoms with Crippen molar-refractivity contribution >= 4 is 5.97 Å². The van der Waals surface area contributed by atoms with Crippen LogP contribution in [0, 0.1) is 0 Å². The van der Waals surface area contributed by atoms with Crippen LogP contribution in [-0.2, 0) is 14.3 Å².